The van der Waals surface area contributed by atoms with E-state index in [1.165, 1.54) is 38.0 Å². The van der Waals surface area contributed by atoms with E-state index in [4.69, 9.17) is 4.42 Å². The van der Waals surface area contributed by atoms with Crippen molar-refractivity contribution in [1.29, 1.82) is 0 Å². The van der Waals surface area contributed by atoms with E-state index in [-0.39, 0.29) is 0 Å². The fourth-order valence-electron chi connectivity index (χ4n) is 4.19. The maximum Gasteiger partial charge on any atom is 0.104 e. The zero-order chi connectivity index (χ0) is 11.7. The molecule has 2 saturated carbocycles. The normalized spacial score (nSPS) is 35.6. The van der Waals surface area contributed by atoms with Crippen LogP contribution in [0.4, 0.5) is 0 Å². The summed E-state index contributed by atoms with van der Waals surface area (Å²) in [6, 6.07) is 4.16. The van der Waals surface area contributed by atoms with Crippen molar-refractivity contribution in [2.75, 3.05) is 13.1 Å². The van der Waals surface area contributed by atoms with Crippen LogP contribution >= 0.6 is 0 Å². The van der Waals surface area contributed by atoms with E-state index >= 15 is 0 Å². The van der Waals surface area contributed by atoms with Crippen LogP contribution in [0.5, 0.6) is 0 Å². The van der Waals surface area contributed by atoms with E-state index in [0.717, 1.165) is 24.8 Å². The SMILES string of the molecule is CCNCC1(Cc2ccco2)CC2CCC1C2. The van der Waals surface area contributed by atoms with E-state index in [1.807, 2.05) is 12.3 Å². The summed E-state index contributed by atoms with van der Waals surface area (Å²) < 4.78 is 5.58. The molecule has 0 saturated heterocycles. The van der Waals surface area contributed by atoms with Gasteiger partial charge in [-0.25, -0.2) is 0 Å². The molecule has 3 atom stereocenters. The molecule has 1 aromatic heterocycles. The minimum atomic E-state index is 0.483. The Morgan fingerprint density at radius 2 is 2.41 bits per heavy atom. The van der Waals surface area contributed by atoms with Gasteiger partial charge >= 0.3 is 0 Å². The predicted molar refractivity (Wildman–Crippen MR) is 68.8 cm³/mol. The van der Waals surface area contributed by atoms with Gasteiger partial charge in [0.25, 0.3) is 0 Å². The molecule has 94 valence electrons. The molecule has 2 aliphatic carbocycles. The molecule has 2 nitrogen and oxygen atoms in total. The molecule has 0 aliphatic heterocycles. The quantitative estimate of drug-likeness (QED) is 0.844. The molecule has 1 N–H and O–H groups in total. The van der Waals surface area contributed by atoms with Gasteiger partial charge in [-0.15, -0.1) is 0 Å². The molecule has 2 fully saturated rings. The van der Waals surface area contributed by atoms with Crippen LogP contribution in [0.1, 0.15) is 38.4 Å². The fourth-order valence-corrected chi connectivity index (χ4v) is 4.19. The lowest BCUT2D eigenvalue weighted by Crippen LogP contribution is -2.40. The number of nitrogens with one attached hydrogen (secondary N) is 1. The van der Waals surface area contributed by atoms with E-state index in [0.29, 0.717) is 5.41 Å². The van der Waals surface area contributed by atoms with Crippen molar-refractivity contribution in [1.82, 2.24) is 5.32 Å². The Kier molecular flexibility index (Phi) is 2.99. The third kappa shape index (κ3) is 2.03. The Morgan fingerprint density at radius 3 is 3.00 bits per heavy atom. The Morgan fingerprint density at radius 1 is 1.47 bits per heavy atom. The molecule has 1 heterocycles. The van der Waals surface area contributed by atoms with Crippen molar-refractivity contribution in [2.24, 2.45) is 17.3 Å². The molecule has 1 aromatic rings. The zero-order valence-electron chi connectivity index (χ0n) is 10.7. The molecular formula is C15H23NO. The second-order valence-corrected chi connectivity index (χ2v) is 5.98. The van der Waals surface area contributed by atoms with Crippen LogP contribution in [0.15, 0.2) is 22.8 Å². The van der Waals surface area contributed by atoms with Gasteiger partial charge in [0.05, 0.1) is 6.26 Å². The number of rotatable bonds is 5. The summed E-state index contributed by atoms with van der Waals surface area (Å²) in [7, 11) is 0. The van der Waals surface area contributed by atoms with Gasteiger partial charge in [-0.3, -0.25) is 0 Å². The number of hydrogen-bond acceptors (Lipinski definition) is 2. The number of furan rings is 1. The molecule has 3 rings (SSSR count). The van der Waals surface area contributed by atoms with Crippen LogP contribution in [0.2, 0.25) is 0 Å². The largest absolute Gasteiger partial charge is 0.469 e. The predicted octanol–water partition coefficient (Wildman–Crippen LogP) is 3.24. The summed E-state index contributed by atoms with van der Waals surface area (Å²) >= 11 is 0. The van der Waals surface area contributed by atoms with Crippen LogP contribution in [0.25, 0.3) is 0 Å². The lowest BCUT2D eigenvalue weighted by Gasteiger charge is -2.37. The highest BCUT2D eigenvalue weighted by molar-refractivity contribution is 5.09. The Labute approximate surface area is 104 Å². The van der Waals surface area contributed by atoms with Gasteiger partial charge in [0.1, 0.15) is 5.76 Å². The summed E-state index contributed by atoms with van der Waals surface area (Å²) in [5, 5.41) is 3.59. The first-order chi connectivity index (χ1) is 8.32. The molecule has 0 radical (unpaired) electrons. The average Bonchev–Trinajstić information content (AvgIpc) is 3.02. The molecule has 2 heteroatoms. The van der Waals surface area contributed by atoms with Gasteiger partial charge in [0, 0.05) is 13.0 Å². The van der Waals surface area contributed by atoms with E-state index < -0.39 is 0 Å². The highest BCUT2D eigenvalue weighted by atomic mass is 16.3. The summed E-state index contributed by atoms with van der Waals surface area (Å²) in [4.78, 5) is 0. The smallest absolute Gasteiger partial charge is 0.104 e. The van der Waals surface area contributed by atoms with Crippen LogP contribution in [0.3, 0.4) is 0 Å². The Bertz CT molecular complexity index is 359. The molecular weight excluding hydrogens is 210 g/mol. The Balaban J connectivity index is 1.77. The topological polar surface area (TPSA) is 25.2 Å². The summed E-state index contributed by atoms with van der Waals surface area (Å²) in [6.07, 6.45) is 8.72. The van der Waals surface area contributed by atoms with Crippen LogP contribution < -0.4 is 5.32 Å². The van der Waals surface area contributed by atoms with Crippen molar-refractivity contribution in [2.45, 2.75) is 39.0 Å². The highest BCUT2D eigenvalue weighted by Gasteiger charge is 2.50. The van der Waals surface area contributed by atoms with E-state index in [1.54, 1.807) is 0 Å². The molecule has 0 aromatic carbocycles. The van der Waals surface area contributed by atoms with Gasteiger partial charge in [-0.05, 0) is 55.2 Å². The summed E-state index contributed by atoms with van der Waals surface area (Å²) in [6.45, 7) is 4.45. The monoisotopic (exact) mass is 233 g/mol. The first-order valence-electron chi connectivity index (χ1n) is 7.05. The minimum absolute atomic E-state index is 0.483. The van der Waals surface area contributed by atoms with E-state index in [2.05, 4.69) is 18.3 Å². The molecule has 2 bridgehead atoms. The second-order valence-electron chi connectivity index (χ2n) is 5.98. The average molecular weight is 233 g/mol. The molecule has 0 spiro atoms. The van der Waals surface area contributed by atoms with Crippen molar-refractivity contribution in [3.63, 3.8) is 0 Å². The lowest BCUT2D eigenvalue weighted by molar-refractivity contribution is 0.148. The molecule has 0 amide bonds. The summed E-state index contributed by atoms with van der Waals surface area (Å²) in [5.74, 6) is 3.10. The van der Waals surface area contributed by atoms with Gasteiger partial charge in [0.15, 0.2) is 0 Å². The lowest BCUT2D eigenvalue weighted by atomic mass is 9.70. The zero-order valence-corrected chi connectivity index (χ0v) is 10.7. The van der Waals surface area contributed by atoms with Gasteiger partial charge in [-0.1, -0.05) is 13.3 Å². The maximum atomic E-state index is 5.58. The van der Waals surface area contributed by atoms with Gasteiger partial charge in [-0.2, -0.15) is 0 Å². The van der Waals surface area contributed by atoms with Crippen LogP contribution in [0, 0.1) is 17.3 Å². The third-order valence-corrected chi connectivity index (χ3v) is 4.94. The number of hydrogen-bond donors (Lipinski definition) is 1. The van der Waals surface area contributed by atoms with Crippen molar-refractivity contribution in [3.05, 3.63) is 24.2 Å². The standard InChI is InChI=1S/C15H23NO/c1-2-16-11-15(10-14-4-3-7-17-14)9-12-5-6-13(15)8-12/h3-4,7,12-13,16H,2,5-6,8-11H2,1H3. The molecule has 17 heavy (non-hydrogen) atoms. The van der Waals surface area contributed by atoms with Crippen molar-refractivity contribution in [3.8, 4) is 0 Å². The fraction of sp³-hybridized carbons (Fsp3) is 0.733. The van der Waals surface area contributed by atoms with Crippen molar-refractivity contribution < 1.29 is 4.42 Å². The third-order valence-electron chi connectivity index (χ3n) is 4.94. The minimum Gasteiger partial charge on any atom is -0.469 e. The van der Waals surface area contributed by atoms with Crippen LogP contribution in [-0.4, -0.2) is 13.1 Å². The summed E-state index contributed by atoms with van der Waals surface area (Å²) in [5.41, 5.74) is 0.483. The second kappa shape index (κ2) is 4.49. The number of fused-ring (bicyclic) bond motifs is 2. The van der Waals surface area contributed by atoms with Crippen LogP contribution in [-0.2, 0) is 6.42 Å². The van der Waals surface area contributed by atoms with E-state index in [9.17, 15) is 0 Å². The maximum absolute atomic E-state index is 5.58. The van der Waals surface area contributed by atoms with Gasteiger partial charge < -0.3 is 9.73 Å². The molecule has 2 aliphatic rings. The first-order valence-corrected chi connectivity index (χ1v) is 7.05. The Hall–Kier alpha value is -0.760. The molecule has 3 unspecified atom stereocenters. The first kappa shape index (κ1) is 11.3. The van der Waals surface area contributed by atoms with Crippen molar-refractivity contribution >= 4 is 0 Å². The highest BCUT2D eigenvalue weighted by Crippen LogP contribution is 2.57. The van der Waals surface area contributed by atoms with Gasteiger partial charge in [0.2, 0.25) is 0 Å².